The van der Waals surface area contributed by atoms with E-state index in [1.54, 1.807) is 50.2 Å². The summed E-state index contributed by atoms with van der Waals surface area (Å²) in [5, 5.41) is 0. The molecule has 0 aromatic heterocycles. The molecule has 3 aromatic carbocycles. The van der Waals surface area contributed by atoms with Gasteiger partial charge in [-0.15, -0.1) is 0 Å². The minimum absolute atomic E-state index is 0.107. The zero-order valence-corrected chi connectivity index (χ0v) is 15.1. The summed E-state index contributed by atoms with van der Waals surface area (Å²) in [6, 6.07) is 14.4. The lowest BCUT2D eigenvalue weighted by Gasteiger charge is -2.11. The van der Waals surface area contributed by atoms with Gasteiger partial charge in [0.15, 0.2) is 11.6 Å². The number of benzene rings is 3. The second-order valence-corrected chi connectivity index (χ2v) is 6.07. The van der Waals surface area contributed by atoms with E-state index in [2.05, 4.69) is 0 Å². The van der Waals surface area contributed by atoms with E-state index in [4.69, 9.17) is 9.47 Å². The van der Waals surface area contributed by atoms with Crippen molar-refractivity contribution in [2.24, 2.45) is 0 Å². The molecule has 3 aromatic rings. The smallest absolute Gasteiger partial charge is 0.201 e. The van der Waals surface area contributed by atoms with Gasteiger partial charge in [-0.1, -0.05) is 24.3 Å². The molecule has 27 heavy (non-hydrogen) atoms. The first kappa shape index (κ1) is 18.8. The molecular weight excluding hydrogens is 353 g/mol. The van der Waals surface area contributed by atoms with Crippen molar-refractivity contribution in [2.75, 3.05) is 6.61 Å². The lowest BCUT2D eigenvalue weighted by atomic mass is 10.0. The van der Waals surface area contributed by atoms with Crippen molar-refractivity contribution in [1.82, 2.24) is 0 Å². The highest BCUT2D eigenvalue weighted by atomic mass is 19.2. The summed E-state index contributed by atoms with van der Waals surface area (Å²) < 4.78 is 52.6. The SMILES string of the molecule is CCOc1ccc(-c2ccc(OCc3ccc(C)c(F)c3)cc2)c(F)c1F. The van der Waals surface area contributed by atoms with E-state index >= 15 is 0 Å². The molecule has 140 valence electrons. The summed E-state index contributed by atoms with van der Waals surface area (Å²) in [5.74, 6) is -1.80. The highest BCUT2D eigenvalue weighted by Crippen LogP contribution is 2.31. The third-order valence-corrected chi connectivity index (χ3v) is 4.15. The van der Waals surface area contributed by atoms with E-state index in [1.165, 1.54) is 18.2 Å². The summed E-state index contributed by atoms with van der Waals surface area (Å²) in [6.45, 7) is 3.87. The molecule has 0 spiro atoms. The number of rotatable bonds is 6. The Morgan fingerprint density at radius 2 is 1.56 bits per heavy atom. The summed E-state index contributed by atoms with van der Waals surface area (Å²) in [4.78, 5) is 0. The minimum atomic E-state index is -1.00. The molecule has 0 fully saturated rings. The van der Waals surface area contributed by atoms with Crippen molar-refractivity contribution in [3.63, 3.8) is 0 Å². The Kier molecular flexibility index (Phi) is 5.69. The molecule has 0 aliphatic carbocycles. The highest BCUT2D eigenvalue weighted by molar-refractivity contribution is 5.66. The van der Waals surface area contributed by atoms with Gasteiger partial charge in [0.25, 0.3) is 0 Å². The molecule has 0 saturated heterocycles. The Morgan fingerprint density at radius 3 is 2.22 bits per heavy atom. The normalized spacial score (nSPS) is 10.7. The first-order valence-corrected chi connectivity index (χ1v) is 8.58. The molecule has 0 bridgehead atoms. The average molecular weight is 372 g/mol. The van der Waals surface area contributed by atoms with Crippen molar-refractivity contribution in [3.8, 4) is 22.6 Å². The number of aryl methyl sites for hydroxylation is 1. The second kappa shape index (κ2) is 8.16. The van der Waals surface area contributed by atoms with Gasteiger partial charge in [0, 0.05) is 5.56 Å². The fourth-order valence-electron chi connectivity index (χ4n) is 2.65. The summed E-state index contributed by atoms with van der Waals surface area (Å²) in [5.41, 5.74) is 1.95. The molecular formula is C22H19F3O2. The Balaban J connectivity index is 1.73. The van der Waals surface area contributed by atoms with Gasteiger partial charge in [-0.05, 0) is 60.9 Å². The zero-order chi connectivity index (χ0) is 19.4. The molecule has 0 saturated carbocycles. The number of ether oxygens (including phenoxy) is 2. The average Bonchev–Trinajstić information content (AvgIpc) is 2.67. The van der Waals surface area contributed by atoms with Crippen LogP contribution in [0.1, 0.15) is 18.1 Å². The van der Waals surface area contributed by atoms with Crippen LogP contribution in [0.5, 0.6) is 11.5 Å². The van der Waals surface area contributed by atoms with E-state index in [0.717, 1.165) is 0 Å². The monoisotopic (exact) mass is 372 g/mol. The molecule has 0 heterocycles. The maximum absolute atomic E-state index is 14.3. The van der Waals surface area contributed by atoms with Gasteiger partial charge in [-0.25, -0.2) is 8.78 Å². The van der Waals surface area contributed by atoms with Crippen LogP contribution >= 0.6 is 0 Å². The Morgan fingerprint density at radius 1 is 0.815 bits per heavy atom. The molecule has 0 aliphatic heterocycles. The van der Waals surface area contributed by atoms with Crippen LogP contribution in [0.25, 0.3) is 11.1 Å². The molecule has 3 rings (SSSR count). The van der Waals surface area contributed by atoms with Gasteiger partial charge in [0.1, 0.15) is 18.2 Å². The quantitative estimate of drug-likeness (QED) is 0.524. The van der Waals surface area contributed by atoms with Gasteiger partial charge < -0.3 is 9.47 Å². The Labute approximate surface area is 156 Å². The third-order valence-electron chi connectivity index (χ3n) is 4.15. The summed E-state index contributed by atoms with van der Waals surface area (Å²) >= 11 is 0. The molecule has 0 radical (unpaired) electrons. The standard InChI is InChI=1S/C22H19F3O2/c1-3-26-20-11-10-18(21(24)22(20)25)16-6-8-17(9-7-16)27-13-15-5-4-14(2)19(23)12-15/h4-12H,3,13H2,1-2H3. The molecule has 5 heteroatoms. The van der Waals surface area contributed by atoms with Crippen LogP contribution in [0.2, 0.25) is 0 Å². The topological polar surface area (TPSA) is 18.5 Å². The lowest BCUT2D eigenvalue weighted by Crippen LogP contribution is -1.99. The molecule has 0 unspecified atom stereocenters. The predicted molar refractivity (Wildman–Crippen MR) is 98.4 cm³/mol. The summed E-state index contributed by atoms with van der Waals surface area (Å²) in [6.07, 6.45) is 0. The number of hydrogen-bond donors (Lipinski definition) is 0. The predicted octanol–water partition coefficient (Wildman–Crippen LogP) is 6.06. The maximum atomic E-state index is 14.3. The van der Waals surface area contributed by atoms with Crippen LogP contribution in [-0.2, 0) is 6.61 Å². The number of hydrogen-bond acceptors (Lipinski definition) is 2. The van der Waals surface area contributed by atoms with Gasteiger partial charge in [0.05, 0.1) is 6.61 Å². The second-order valence-electron chi connectivity index (χ2n) is 6.07. The van der Waals surface area contributed by atoms with Crippen LogP contribution in [0, 0.1) is 24.4 Å². The van der Waals surface area contributed by atoms with Crippen LogP contribution in [0.15, 0.2) is 54.6 Å². The van der Waals surface area contributed by atoms with Gasteiger partial charge in [0.2, 0.25) is 5.82 Å². The van der Waals surface area contributed by atoms with Crippen molar-refractivity contribution in [1.29, 1.82) is 0 Å². The fraction of sp³-hybridized carbons (Fsp3) is 0.182. The largest absolute Gasteiger partial charge is 0.491 e. The van der Waals surface area contributed by atoms with E-state index in [0.29, 0.717) is 22.4 Å². The highest BCUT2D eigenvalue weighted by Gasteiger charge is 2.15. The maximum Gasteiger partial charge on any atom is 0.201 e. The van der Waals surface area contributed by atoms with Gasteiger partial charge >= 0.3 is 0 Å². The van der Waals surface area contributed by atoms with Crippen molar-refractivity contribution < 1.29 is 22.6 Å². The Bertz CT molecular complexity index is 937. The molecule has 0 N–H and O–H groups in total. The zero-order valence-electron chi connectivity index (χ0n) is 15.1. The van der Waals surface area contributed by atoms with Crippen LogP contribution in [-0.4, -0.2) is 6.61 Å². The van der Waals surface area contributed by atoms with Crippen LogP contribution < -0.4 is 9.47 Å². The fourth-order valence-corrected chi connectivity index (χ4v) is 2.65. The minimum Gasteiger partial charge on any atom is -0.491 e. The Hall–Kier alpha value is -2.95. The first-order valence-electron chi connectivity index (χ1n) is 8.58. The van der Waals surface area contributed by atoms with Crippen molar-refractivity contribution in [2.45, 2.75) is 20.5 Å². The van der Waals surface area contributed by atoms with Crippen LogP contribution in [0.4, 0.5) is 13.2 Å². The molecule has 0 aliphatic rings. The van der Waals surface area contributed by atoms with Gasteiger partial charge in [-0.3, -0.25) is 0 Å². The summed E-state index contributed by atoms with van der Waals surface area (Å²) in [7, 11) is 0. The van der Waals surface area contributed by atoms with E-state index < -0.39 is 11.6 Å². The lowest BCUT2D eigenvalue weighted by molar-refractivity contribution is 0.305. The van der Waals surface area contributed by atoms with E-state index in [-0.39, 0.29) is 30.3 Å². The van der Waals surface area contributed by atoms with Gasteiger partial charge in [-0.2, -0.15) is 4.39 Å². The number of halogens is 3. The van der Waals surface area contributed by atoms with E-state index in [9.17, 15) is 13.2 Å². The third kappa shape index (κ3) is 4.25. The first-order chi connectivity index (χ1) is 13.0. The van der Waals surface area contributed by atoms with Crippen molar-refractivity contribution in [3.05, 3.63) is 83.2 Å². The molecule has 2 nitrogen and oxygen atoms in total. The van der Waals surface area contributed by atoms with Crippen molar-refractivity contribution >= 4 is 0 Å². The molecule has 0 amide bonds. The van der Waals surface area contributed by atoms with E-state index in [1.807, 2.05) is 0 Å². The van der Waals surface area contributed by atoms with Crippen LogP contribution in [0.3, 0.4) is 0 Å². The molecule has 0 atom stereocenters.